The van der Waals surface area contributed by atoms with Gasteiger partial charge in [-0.05, 0) is 13.0 Å². The number of carbonyl (C=O) groups is 1. The summed E-state index contributed by atoms with van der Waals surface area (Å²) in [6.45, 7) is 5.87. The zero-order valence-electron chi connectivity index (χ0n) is 8.22. The van der Waals surface area contributed by atoms with Gasteiger partial charge in [0.15, 0.2) is 0 Å². The average Bonchev–Trinajstić information content (AvgIpc) is 2.08. The first kappa shape index (κ1) is 13.3. The van der Waals surface area contributed by atoms with E-state index in [9.17, 15) is 4.79 Å². The van der Waals surface area contributed by atoms with Crippen molar-refractivity contribution in [1.29, 1.82) is 0 Å². The van der Waals surface area contributed by atoms with Gasteiger partial charge in [0.05, 0.1) is 0 Å². The van der Waals surface area contributed by atoms with Crippen molar-refractivity contribution in [2.45, 2.75) is 20.8 Å². The second kappa shape index (κ2) is 9.75. The van der Waals surface area contributed by atoms with Crippen LogP contribution < -0.4 is 11.1 Å². The molecule has 0 unspecified atom stereocenters. The molecule has 0 aromatic rings. The number of hydrogen-bond acceptors (Lipinski definition) is 3. The van der Waals surface area contributed by atoms with Crippen LogP contribution >= 0.6 is 0 Å². The molecular weight excluding hydrogens is 152 g/mol. The van der Waals surface area contributed by atoms with Crippen molar-refractivity contribution in [3.05, 3.63) is 23.5 Å². The van der Waals surface area contributed by atoms with E-state index in [1.54, 1.807) is 13.1 Å². The van der Waals surface area contributed by atoms with Crippen molar-refractivity contribution in [3.63, 3.8) is 0 Å². The van der Waals surface area contributed by atoms with Crippen LogP contribution in [0.4, 0.5) is 0 Å². The summed E-state index contributed by atoms with van der Waals surface area (Å²) in [6.07, 6.45) is 3.66. The fraction of sp³-hybridized carbons (Fsp3) is 0.444. The van der Waals surface area contributed by atoms with E-state index in [0.29, 0.717) is 12.0 Å². The molecule has 0 radical (unpaired) electrons. The zero-order chi connectivity index (χ0) is 9.98. The Balaban J connectivity index is 0. The maximum absolute atomic E-state index is 9.88. The van der Waals surface area contributed by atoms with Crippen molar-refractivity contribution in [3.8, 4) is 0 Å². The first-order valence-electron chi connectivity index (χ1n) is 3.97. The van der Waals surface area contributed by atoms with Crippen molar-refractivity contribution < 1.29 is 4.79 Å². The second-order valence-corrected chi connectivity index (χ2v) is 1.88. The number of aldehydes is 1. The van der Waals surface area contributed by atoms with Crippen LogP contribution in [0.15, 0.2) is 23.5 Å². The minimum atomic E-state index is 0.460. The fourth-order valence-electron chi connectivity index (χ4n) is 0.449. The zero-order valence-corrected chi connectivity index (χ0v) is 8.22. The third-order valence-electron chi connectivity index (χ3n) is 1.04. The van der Waals surface area contributed by atoms with Gasteiger partial charge in [-0.15, -0.1) is 0 Å². The Morgan fingerprint density at radius 3 is 2.25 bits per heavy atom. The molecular formula is C9H18N2O. The largest absolute Gasteiger partial charge is 0.399 e. The van der Waals surface area contributed by atoms with Gasteiger partial charge in [-0.2, -0.15) is 0 Å². The van der Waals surface area contributed by atoms with E-state index in [2.05, 4.69) is 5.32 Å². The summed E-state index contributed by atoms with van der Waals surface area (Å²) in [6, 6.07) is 0. The minimum Gasteiger partial charge on any atom is -0.399 e. The summed E-state index contributed by atoms with van der Waals surface area (Å²) in [5.41, 5.74) is 6.76. The Morgan fingerprint density at radius 2 is 1.92 bits per heavy atom. The molecule has 3 heteroatoms. The maximum atomic E-state index is 9.88. The molecule has 70 valence electrons. The smallest absolute Gasteiger partial charge is 0.144 e. The number of rotatable bonds is 3. The summed E-state index contributed by atoms with van der Waals surface area (Å²) in [5, 5.41) is 2.88. The standard InChI is InChI=1S/C7H12N2O.C2H6/c1-6(9-2)5-7(8)3-4-10;1-2/h3-5,9H,8H2,1-2H3;1-2H3/b6-5-,7-3+;. The lowest BCUT2D eigenvalue weighted by Gasteiger charge is -1.96. The molecule has 3 nitrogen and oxygen atoms in total. The highest BCUT2D eigenvalue weighted by Crippen LogP contribution is 1.90. The molecule has 0 aliphatic carbocycles. The highest BCUT2D eigenvalue weighted by Gasteiger charge is 1.83. The van der Waals surface area contributed by atoms with Gasteiger partial charge in [0, 0.05) is 24.5 Å². The molecule has 0 bridgehead atoms. The molecule has 0 fully saturated rings. The van der Waals surface area contributed by atoms with Gasteiger partial charge in [-0.3, -0.25) is 4.79 Å². The fourth-order valence-corrected chi connectivity index (χ4v) is 0.449. The molecule has 0 aliphatic heterocycles. The Kier molecular flexibility index (Phi) is 10.8. The van der Waals surface area contributed by atoms with E-state index in [-0.39, 0.29) is 0 Å². The molecule has 0 aliphatic rings. The summed E-state index contributed by atoms with van der Waals surface area (Å²) in [5.74, 6) is 0. The highest BCUT2D eigenvalue weighted by atomic mass is 16.1. The summed E-state index contributed by atoms with van der Waals surface area (Å²) in [7, 11) is 1.79. The second-order valence-electron chi connectivity index (χ2n) is 1.88. The lowest BCUT2D eigenvalue weighted by atomic mass is 10.3. The number of nitrogens with one attached hydrogen (secondary N) is 1. The van der Waals surface area contributed by atoms with Crippen LogP contribution in [0.1, 0.15) is 20.8 Å². The Hall–Kier alpha value is -1.25. The van der Waals surface area contributed by atoms with Crippen LogP contribution in [0.25, 0.3) is 0 Å². The van der Waals surface area contributed by atoms with Crippen LogP contribution in [0.2, 0.25) is 0 Å². The first-order valence-corrected chi connectivity index (χ1v) is 3.97. The first-order chi connectivity index (χ1) is 5.70. The van der Waals surface area contributed by atoms with Crippen LogP contribution in [-0.4, -0.2) is 13.3 Å². The van der Waals surface area contributed by atoms with E-state index in [0.717, 1.165) is 5.70 Å². The topological polar surface area (TPSA) is 55.1 Å². The minimum absolute atomic E-state index is 0.460. The molecule has 0 rings (SSSR count). The molecule has 0 amide bonds. The van der Waals surface area contributed by atoms with Crippen molar-refractivity contribution in [2.24, 2.45) is 5.73 Å². The van der Waals surface area contributed by atoms with E-state index in [1.807, 2.05) is 20.8 Å². The van der Waals surface area contributed by atoms with E-state index < -0.39 is 0 Å². The molecule has 0 heterocycles. The van der Waals surface area contributed by atoms with E-state index >= 15 is 0 Å². The molecule has 0 saturated heterocycles. The normalized spacial score (nSPS) is 11.3. The van der Waals surface area contributed by atoms with E-state index in [1.165, 1.54) is 6.08 Å². The van der Waals surface area contributed by atoms with Crippen LogP contribution in [0.3, 0.4) is 0 Å². The lowest BCUT2D eigenvalue weighted by molar-refractivity contribution is -0.104. The molecule has 12 heavy (non-hydrogen) atoms. The number of hydrogen-bond donors (Lipinski definition) is 2. The van der Waals surface area contributed by atoms with Gasteiger partial charge in [0.2, 0.25) is 0 Å². The van der Waals surface area contributed by atoms with Gasteiger partial charge < -0.3 is 11.1 Å². The summed E-state index contributed by atoms with van der Waals surface area (Å²) >= 11 is 0. The summed E-state index contributed by atoms with van der Waals surface area (Å²) in [4.78, 5) is 9.88. The molecule has 0 atom stereocenters. The Bertz CT molecular complexity index is 171. The lowest BCUT2D eigenvalue weighted by Crippen LogP contribution is -2.04. The maximum Gasteiger partial charge on any atom is 0.144 e. The molecule has 0 aromatic carbocycles. The van der Waals surface area contributed by atoms with Crippen molar-refractivity contribution >= 4 is 6.29 Å². The molecule has 0 aromatic heterocycles. The summed E-state index contributed by atoms with van der Waals surface area (Å²) < 4.78 is 0. The van der Waals surface area contributed by atoms with Crippen molar-refractivity contribution in [2.75, 3.05) is 7.05 Å². The number of allylic oxidation sites excluding steroid dienone is 3. The number of carbonyl (C=O) groups excluding carboxylic acids is 1. The Labute approximate surface area is 74.3 Å². The quantitative estimate of drug-likeness (QED) is 0.380. The van der Waals surface area contributed by atoms with Gasteiger partial charge in [-0.25, -0.2) is 0 Å². The third kappa shape index (κ3) is 8.75. The molecule has 3 N–H and O–H groups in total. The van der Waals surface area contributed by atoms with Crippen LogP contribution in [0, 0.1) is 0 Å². The molecule has 0 saturated carbocycles. The van der Waals surface area contributed by atoms with Crippen molar-refractivity contribution in [1.82, 2.24) is 5.32 Å². The predicted molar refractivity (Wildman–Crippen MR) is 52.5 cm³/mol. The van der Waals surface area contributed by atoms with Gasteiger partial charge >= 0.3 is 0 Å². The highest BCUT2D eigenvalue weighted by molar-refractivity contribution is 5.66. The van der Waals surface area contributed by atoms with Gasteiger partial charge in [0.25, 0.3) is 0 Å². The van der Waals surface area contributed by atoms with Gasteiger partial charge in [-0.1, -0.05) is 13.8 Å². The number of nitrogens with two attached hydrogens (primary N) is 1. The van der Waals surface area contributed by atoms with E-state index in [4.69, 9.17) is 5.73 Å². The Morgan fingerprint density at radius 1 is 1.42 bits per heavy atom. The molecule has 0 spiro atoms. The predicted octanol–water partition coefficient (Wildman–Crippen LogP) is 1.18. The SMILES string of the molecule is CC.CN/C(C)=C\C(N)=C/C=O. The van der Waals surface area contributed by atoms with Crippen LogP contribution in [-0.2, 0) is 4.79 Å². The average molecular weight is 170 g/mol. The van der Waals surface area contributed by atoms with Gasteiger partial charge in [0.1, 0.15) is 6.29 Å². The third-order valence-corrected chi connectivity index (χ3v) is 1.04. The monoisotopic (exact) mass is 170 g/mol. The van der Waals surface area contributed by atoms with Crippen LogP contribution in [0.5, 0.6) is 0 Å².